The van der Waals surface area contributed by atoms with Gasteiger partial charge < -0.3 is 10.6 Å². The van der Waals surface area contributed by atoms with Crippen LogP contribution in [0.4, 0.5) is 10.1 Å². The molecule has 0 radical (unpaired) electrons. The molecule has 0 unspecified atom stereocenters. The summed E-state index contributed by atoms with van der Waals surface area (Å²) in [6.07, 6.45) is 0.800. The number of nitrogens with one attached hydrogen (secondary N) is 2. The van der Waals surface area contributed by atoms with Gasteiger partial charge in [0.05, 0.1) is 10.5 Å². The largest absolute Gasteiger partial charge is 0.349 e. The van der Waals surface area contributed by atoms with Gasteiger partial charge >= 0.3 is 0 Å². The van der Waals surface area contributed by atoms with Crippen LogP contribution >= 0.6 is 11.6 Å². The van der Waals surface area contributed by atoms with Crippen molar-refractivity contribution in [3.05, 3.63) is 58.9 Å². The third-order valence-electron chi connectivity index (χ3n) is 4.77. The molecule has 3 rings (SSSR count). The van der Waals surface area contributed by atoms with Crippen molar-refractivity contribution in [2.75, 3.05) is 18.4 Å². The van der Waals surface area contributed by atoms with Gasteiger partial charge in [-0.15, -0.1) is 0 Å². The maximum Gasteiger partial charge on any atom is 0.254 e. The Kier molecular flexibility index (Phi) is 6.74. The smallest absolute Gasteiger partial charge is 0.254 e. The number of sulfonamides is 1. The molecule has 0 atom stereocenters. The molecular weight excluding hydrogens is 433 g/mol. The van der Waals surface area contributed by atoms with E-state index >= 15 is 0 Å². The van der Waals surface area contributed by atoms with Crippen LogP contribution in [-0.2, 0) is 14.8 Å². The highest BCUT2D eigenvalue weighted by atomic mass is 35.5. The maximum atomic E-state index is 13.8. The van der Waals surface area contributed by atoms with Crippen LogP contribution in [-0.4, -0.2) is 43.7 Å². The van der Waals surface area contributed by atoms with E-state index in [2.05, 4.69) is 10.6 Å². The first-order valence-corrected chi connectivity index (χ1v) is 11.1. The molecule has 1 fully saturated rings. The minimum Gasteiger partial charge on any atom is -0.349 e. The van der Waals surface area contributed by atoms with Gasteiger partial charge in [0.1, 0.15) is 5.82 Å². The Morgan fingerprint density at radius 1 is 1.10 bits per heavy atom. The van der Waals surface area contributed by atoms with Crippen molar-refractivity contribution in [2.24, 2.45) is 0 Å². The number of rotatable bonds is 5. The lowest BCUT2D eigenvalue weighted by Gasteiger charge is -2.31. The van der Waals surface area contributed by atoms with Crippen molar-refractivity contribution in [3.8, 4) is 0 Å². The first kappa shape index (κ1) is 22.2. The van der Waals surface area contributed by atoms with E-state index in [1.807, 2.05) is 0 Å². The van der Waals surface area contributed by atoms with Gasteiger partial charge in [-0.2, -0.15) is 4.31 Å². The van der Waals surface area contributed by atoms with Gasteiger partial charge in [0.15, 0.2) is 0 Å². The van der Waals surface area contributed by atoms with Crippen molar-refractivity contribution in [3.63, 3.8) is 0 Å². The molecule has 0 bridgehead atoms. The van der Waals surface area contributed by atoms with Crippen molar-refractivity contribution < 1.29 is 22.4 Å². The normalized spacial score (nSPS) is 15.6. The molecule has 0 spiro atoms. The lowest BCUT2D eigenvalue weighted by atomic mass is 10.1. The number of benzene rings is 2. The zero-order valence-electron chi connectivity index (χ0n) is 16.2. The average molecular weight is 454 g/mol. The van der Waals surface area contributed by atoms with Crippen LogP contribution in [0.25, 0.3) is 0 Å². The number of carbonyl (C=O) groups excluding carboxylic acids is 2. The molecule has 30 heavy (non-hydrogen) atoms. The molecule has 7 nitrogen and oxygen atoms in total. The number of anilines is 1. The van der Waals surface area contributed by atoms with Crippen LogP contribution in [0.3, 0.4) is 0 Å². The SMILES string of the molecule is CC(=O)Nc1ccc(S(=O)(=O)N2CCC(NC(=O)c3cc(Cl)ccc3F)CC2)cc1. The number of hydrogen-bond acceptors (Lipinski definition) is 4. The average Bonchev–Trinajstić information content (AvgIpc) is 2.70. The summed E-state index contributed by atoms with van der Waals surface area (Å²) in [6.45, 7) is 1.81. The Hall–Kier alpha value is -2.49. The van der Waals surface area contributed by atoms with Crippen molar-refractivity contribution >= 4 is 39.1 Å². The van der Waals surface area contributed by atoms with Gasteiger partial charge in [-0.05, 0) is 55.3 Å². The number of amides is 2. The second kappa shape index (κ2) is 9.11. The molecule has 2 N–H and O–H groups in total. The van der Waals surface area contributed by atoms with Crippen LogP contribution in [0.15, 0.2) is 47.4 Å². The monoisotopic (exact) mass is 453 g/mol. The zero-order valence-corrected chi connectivity index (χ0v) is 17.8. The Labute approximate surface area is 179 Å². The predicted molar refractivity (Wildman–Crippen MR) is 111 cm³/mol. The van der Waals surface area contributed by atoms with Crippen LogP contribution in [0.5, 0.6) is 0 Å². The van der Waals surface area contributed by atoms with E-state index in [0.717, 1.165) is 6.07 Å². The van der Waals surface area contributed by atoms with E-state index in [-0.39, 0.29) is 40.5 Å². The number of halogens is 2. The molecule has 160 valence electrons. The molecule has 1 aliphatic rings. The van der Waals surface area contributed by atoms with E-state index in [9.17, 15) is 22.4 Å². The summed E-state index contributed by atoms with van der Waals surface area (Å²) in [4.78, 5) is 23.5. The molecular formula is C20H21ClFN3O4S. The fourth-order valence-electron chi connectivity index (χ4n) is 3.24. The van der Waals surface area contributed by atoms with Gasteiger partial charge in [0.2, 0.25) is 15.9 Å². The van der Waals surface area contributed by atoms with Gasteiger partial charge in [0.25, 0.3) is 5.91 Å². The molecule has 0 aromatic heterocycles. The van der Waals surface area contributed by atoms with Crippen molar-refractivity contribution in [2.45, 2.75) is 30.7 Å². The fraction of sp³-hybridized carbons (Fsp3) is 0.300. The molecule has 2 amide bonds. The highest BCUT2D eigenvalue weighted by molar-refractivity contribution is 7.89. The summed E-state index contributed by atoms with van der Waals surface area (Å²) >= 11 is 5.82. The molecule has 1 aliphatic heterocycles. The lowest BCUT2D eigenvalue weighted by Crippen LogP contribution is -2.46. The van der Waals surface area contributed by atoms with Crippen LogP contribution in [0.1, 0.15) is 30.1 Å². The summed E-state index contributed by atoms with van der Waals surface area (Å²) in [5.74, 6) is -1.49. The van der Waals surface area contributed by atoms with E-state index in [0.29, 0.717) is 18.5 Å². The molecule has 0 saturated carbocycles. The first-order valence-electron chi connectivity index (χ1n) is 9.30. The third kappa shape index (κ3) is 5.16. The highest BCUT2D eigenvalue weighted by Gasteiger charge is 2.30. The summed E-state index contributed by atoms with van der Waals surface area (Å²) in [5.41, 5.74) is 0.368. The highest BCUT2D eigenvalue weighted by Crippen LogP contribution is 2.23. The van der Waals surface area contributed by atoms with Crippen LogP contribution in [0, 0.1) is 5.82 Å². The quantitative estimate of drug-likeness (QED) is 0.727. The maximum absolute atomic E-state index is 13.8. The third-order valence-corrected chi connectivity index (χ3v) is 6.92. The van der Waals surface area contributed by atoms with Crippen molar-refractivity contribution in [1.82, 2.24) is 9.62 Å². The Bertz CT molecular complexity index is 1050. The standard InChI is InChI=1S/C20H21ClFN3O4S/c1-13(26)23-15-3-5-17(6-4-15)30(28,29)25-10-8-16(9-11-25)24-20(27)18-12-14(21)2-7-19(18)22/h2-7,12,16H,8-11H2,1H3,(H,23,26)(H,24,27). The van der Waals surface area contributed by atoms with Crippen LogP contribution < -0.4 is 10.6 Å². The summed E-state index contributed by atoms with van der Waals surface area (Å²) in [7, 11) is -3.69. The fourth-order valence-corrected chi connectivity index (χ4v) is 4.88. The molecule has 2 aromatic carbocycles. The lowest BCUT2D eigenvalue weighted by molar-refractivity contribution is -0.114. The molecule has 1 heterocycles. The minimum absolute atomic E-state index is 0.125. The Balaban J connectivity index is 1.61. The van der Waals surface area contributed by atoms with Gasteiger partial charge in [0, 0.05) is 36.8 Å². The molecule has 0 aliphatic carbocycles. The zero-order chi connectivity index (χ0) is 21.9. The van der Waals surface area contributed by atoms with Gasteiger partial charge in [-0.3, -0.25) is 9.59 Å². The van der Waals surface area contributed by atoms with E-state index in [4.69, 9.17) is 11.6 Å². The first-order chi connectivity index (χ1) is 14.2. The Morgan fingerprint density at radius 3 is 2.33 bits per heavy atom. The molecule has 1 saturated heterocycles. The van der Waals surface area contributed by atoms with Crippen LogP contribution in [0.2, 0.25) is 5.02 Å². The Morgan fingerprint density at radius 2 is 1.73 bits per heavy atom. The number of nitrogens with zero attached hydrogens (tertiary/aromatic N) is 1. The molecule has 2 aromatic rings. The second-order valence-electron chi connectivity index (χ2n) is 6.98. The minimum atomic E-state index is -3.69. The predicted octanol–water partition coefficient (Wildman–Crippen LogP) is 3.02. The van der Waals surface area contributed by atoms with E-state index < -0.39 is 21.7 Å². The second-order valence-corrected chi connectivity index (χ2v) is 9.36. The van der Waals surface area contributed by atoms with Gasteiger partial charge in [-0.1, -0.05) is 11.6 Å². The number of hydrogen-bond donors (Lipinski definition) is 2. The summed E-state index contributed by atoms with van der Waals surface area (Å²) in [5, 5.41) is 5.58. The molecule has 10 heteroatoms. The van der Waals surface area contributed by atoms with E-state index in [1.54, 1.807) is 0 Å². The van der Waals surface area contributed by atoms with E-state index in [1.165, 1.54) is 47.6 Å². The summed E-state index contributed by atoms with van der Waals surface area (Å²) < 4.78 is 40.9. The topological polar surface area (TPSA) is 95.6 Å². The number of piperidine rings is 1. The van der Waals surface area contributed by atoms with Gasteiger partial charge in [-0.25, -0.2) is 12.8 Å². The van der Waals surface area contributed by atoms with Crippen molar-refractivity contribution in [1.29, 1.82) is 0 Å². The summed E-state index contributed by atoms with van der Waals surface area (Å²) in [6, 6.07) is 9.42. The number of carbonyl (C=O) groups is 2.